The number of H-pyrrole nitrogens is 1. The van der Waals surface area contributed by atoms with Crippen LogP contribution >= 0.6 is 0 Å². The van der Waals surface area contributed by atoms with Crippen LogP contribution in [0.5, 0.6) is 0 Å². The minimum absolute atomic E-state index is 0.0344. The van der Waals surface area contributed by atoms with Crippen molar-refractivity contribution in [2.75, 3.05) is 5.32 Å². The molecule has 0 atom stereocenters. The molecule has 0 spiro atoms. The highest BCUT2D eigenvalue weighted by Crippen LogP contribution is 2.19. The van der Waals surface area contributed by atoms with Crippen molar-refractivity contribution < 1.29 is 4.79 Å². The maximum absolute atomic E-state index is 12.5. The topological polar surface area (TPSA) is 105 Å². The zero-order valence-electron chi connectivity index (χ0n) is 13.8. The Hall–Kier alpha value is -3.81. The molecule has 2 N–H and O–H groups in total. The van der Waals surface area contributed by atoms with Gasteiger partial charge in [0.15, 0.2) is 5.82 Å². The van der Waals surface area contributed by atoms with Crippen molar-refractivity contribution in [3.8, 4) is 11.4 Å². The molecule has 0 saturated carbocycles. The fraction of sp³-hybridized carbons (Fsp3) is 0.0556. The number of aromatic nitrogens is 5. The van der Waals surface area contributed by atoms with Gasteiger partial charge in [-0.2, -0.15) is 5.10 Å². The first-order valence-electron chi connectivity index (χ1n) is 7.89. The summed E-state index contributed by atoms with van der Waals surface area (Å²) in [5, 5.41) is 9.60. The van der Waals surface area contributed by atoms with E-state index in [9.17, 15) is 9.59 Å². The van der Waals surface area contributed by atoms with Crippen LogP contribution in [0.1, 0.15) is 16.2 Å². The summed E-state index contributed by atoms with van der Waals surface area (Å²) in [4.78, 5) is 33.4. The summed E-state index contributed by atoms with van der Waals surface area (Å²) in [5.41, 5.74) is 1.31. The molecular weight excluding hydrogens is 332 g/mol. The van der Waals surface area contributed by atoms with Crippen LogP contribution in [0.2, 0.25) is 0 Å². The van der Waals surface area contributed by atoms with E-state index >= 15 is 0 Å². The fourth-order valence-corrected chi connectivity index (χ4v) is 2.59. The van der Waals surface area contributed by atoms with E-state index in [4.69, 9.17) is 0 Å². The van der Waals surface area contributed by atoms with Gasteiger partial charge in [0.1, 0.15) is 17.0 Å². The van der Waals surface area contributed by atoms with E-state index in [0.717, 1.165) is 5.56 Å². The molecule has 0 bridgehead atoms. The number of carbonyl (C=O) groups excluding carboxylic acids is 1. The Bertz CT molecular complexity index is 1180. The zero-order valence-corrected chi connectivity index (χ0v) is 13.8. The van der Waals surface area contributed by atoms with E-state index in [1.807, 2.05) is 13.0 Å². The molecule has 128 valence electrons. The van der Waals surface area contributed by atoms with Gasteiger partial charge in [-0.1, -0.05) is 18.2 Å². The first kappa shape index (κ1) is 15.7. The number of nitrogens with one attached hydrogen (secondary N) is 2. The number of aryl methyl sites for hydroxylation is 1. The maximum atomic E-state index is 12.5. The van der Waals surface area contributed by atoms with E-state index in [2.05, 4.69) is 25.5 Å². The molecule has 1 aromatic carbocycles. The number of hydrogen-bond acceptors (Lipinski definition) is 5. The Morgan fingerprint density at radius 2 is 2.08 bits per heavy atom. The minimum atomic E-state index is -0.524. The van der Waals surface area contributed by atoms with Crippen molar-refractivity contribution in [1.29, 1.82) is 0 Å². The molecule has 3 heterocycles. The van der Waals surface area contributed by atoms with Crippen molar-refractivity contribution in [1.82, 2.24) is 24.6 Å². The van der Waals surface area contributed by atoms with Gasteiger partial charge in [-0.25, -0.2) is 9.97 Å². The number of pyridine rings is 1. The number of hydrogen-bond donors (Lipinski definition) is 2. The smallest absolute Gasteiger partial charge is 0.270 e. The number of carbonyl (C=O) groups is 1. The molecule has 1 amide bonds. The lowest BCUT2D eigenvalue weighted by molar-refractivity contribution is 0.102. The predicted molar refractivity (Wildman–Crippen MR) is 96.0 cm³/mol. The molecular formula is C18H14N6O2. The summed E-state index contributed by atoms with van der Waals surface area (Å²) >= 11 is 0. The number of rotatable bonds is 3. The molecule has 0 aliphatic rings. The van der Waals surface area contributed by atoms with Crippen molar-refractivity contribution in [3.63, 3.8) is 0 Å². The molecule has 26 heavy (non-hydrogen) atoms. The highest BCUT2D eigenvalue weighted by molar-refractivity contribution is 6.04. The number of anilines is 1. The summed E-state index contributed by atoms with van der Waals surface area (Å²) in [6.45, 7) is 1.81. The van der Waals surface area contributed by atoms with Crippen molar-refractivity contribution in [2.45, 2.75) is 6.92 Å². The minimum Gasteiger partial charge on any atom is -0.322 e. The Balaban J connectivity index is 1.65. The quantitative estimate of drug-likeness (QED) is 0.590. The summed E-state index contributed by atoms with van der Waals surface area (Å²) in [6, 6.07) is 12.3. The van der Waals surface area contributed by atoms with Crippen LogP contribution in [0.25, 0.3) is 17.0 Å². The molecule has 0 radical (unpaired) electrons. The average molecular weight is 346 g/mol. The lowest BCUT2D eigenvalue weighted by Gasteiger charge is -2.07. The van der Waals surface area contributed by atoms with Gasteiger partial charge in [-0.3, -0.25) is 19.1 Å². The van der Waals surface area contributed by atoms with Gasteiger partial charge in [0.25, 0.3) is 11.5 Å². The lowest BCUT2D eigenvalue weighted by atomic mass is 10.2. The third-order valence-electron chi connectivity index (χ3n) is 3.83. The Labute approximate surface area is 147 Å². The monoisotopic (exact) mass is 346 g/mol. The summed E-state index contributed by atoms with van der Waals surface area (Å²) in [7, 11) is 0. The lowest BCUT2D eigenvalue weighted by Crippen LogP contribution is -2.26. The third kappa shape index (κ3) is 2.84. The highest BCUT2D eigenvalue weighted by atomic mass is 16.2. The molecule has 0 fully saturated rings. The molecule has 0 saturated heterocycles. The number of fused-ring (bicyclic) bond motifs is 1. The van der Waals surface area contributed by atoms with Crippen LogP contribution < -0.4 is 10.9 Å². The Morgan fingerprint density at radius 1 is 1.19 bits per heavy atom. The molecule has 4 aromatic rings. The molecule has 0 aliphatic heterocycles. The van der Waals surface area contributed by atoms with Crippen LogP contribution in [0.3, 0.4) is 0 Å². The van der Waals surface area contributed by atoms with E-state index in [1.165, 1.54) is 10.6 Å². The van der Waals surface area contributed by atoms with E-state index in [0.29, 0.717) is 23.0 Å². The third-order valence-corrected chi connectivity index (χ3v) is 3.83. The molecule has 0 unspecified atom stereocenters. The Kier molecular flexibility index (Phi) is 3.77. The van der Waals surface area contributed by atoms with Gasteiger partial charge in [-0.05, 0) is 31.2 Å². The highest BCUT2D eigenvalue weighted by Gasteiger charge is 2.14. The van der Waals surface area contributed by atoms with Gasteiger partial charge in [0.05, 0.1) is 0 Å². The maximum Gasteiger partial charge on any atom is 0.270 e. The van der Waals surface area contributed by atoms with Gasteiger partial charge < -0.3 is 5.32 Å². The van der Waals surface area contributed by atoms with Gasteiger partial charge in [0, 0.05) is 23.6 Å². The molecule has 8 nitrogen and oxygen atoms in total. The average Bonchev–Trinajstić information content (AvgIpc) is 3.09. The van der Waals surface area contributed by atoms with E-state index < -0.39 is 11.5 Å². The number of amides is 1. The fourth-order valence-electron chi connectivity index (χ4n) is 2.59. The van der Waals surface area contributed by atoms with Gasteiger partial charge in [0.2, 0.25) is 0 Å². The van der Waals surface area contributed by atoms with E-state index in [1.54, 1.807) is 42.6 Å². The molecule has 4 rings (SSSR count). The SMILES string of the molecule is Cc1nc(-c2cccc(NC(=O)c3cnc4ccccn4c3=O)c2)n[nH]1. The van der Waals surface area contributed by atoms with Crippen molar-refractivity contribution in [3.05, 3.63) is 76.6 Å². The number of nitrogens with zero attached hydrogens (tertiary/aromatic N) is 4. The zero-order chi connectivity index (χ0) is 18.1. The summed E-state index contributed by atoms with van der Waals surface area (Å²) in [6.07, 6.45) is 2.86. The van der Waals surface area contributed by atoms with Gasteiger partial charge >= 0.3 is 0 Å². The summed E-state index contributed by atoms with van der Waals surface area (Å²) < 4.78 is 1.34. The first-order chi connectivity index (χ1) is 12.6. The Morgan fingerprint density at radius 3 is 2.88 bits per heavy atom. The second-order valence-corrected chi connectivity index (χ2v) is 5.69. The van der Waals surface area contributed by atoms with E-state index in [-0.39, 0.29) is 5.56 Å². The largest absolute Gasteiger partial charge is 0.322 e. The van der Waals surface area contributed by atoms with Crippen LogP contribution in [-0.2, 0) is 0 Å². The molecule has 3 aromatic heterocycles. The number of benzene rings is 1. The molecule has 0 aliphatic carbocycles. The van der Waals surface area contributed by atoms with Gasteiger partial charge in [-0.15, -0.1) is 0 Å². The number of aromatic amines is 1. The normalized spacial score (nSPS) is 10.8. The van der Waals surface area contributed by atoms with Crippen LogP contribution in [0.4, 0.5) is 5.69 Å². The van der Waals surface area contributed by atoms with Crippen molar-refractivity contribution in [2.24, 2.45) is 0 Å². The van der Waals surface area contributed by atoms with Crippen LogP contribution in [0.15, 0.2) is 59.7 Å². The summed E-state index contributed by atoms with van der Waals surface area (Å²) in [5.74, 6) is 0.708. The van der Waals surface area contributed by atoms with Crippen LogP contribution in [0, 0.1) is 6.92 Å². The first-order valence-corrected chi connectivity index (χ1v) is 7.89. The van der Waals surface area contributed by atoms with Crippen molar-refractivity contribution >= 4 is 17.2 Å². The second-order valence-electron chi connectivity index (χ2n) is 5.69. The second kappa shape index (κ2) is 6.25. The standard InChI is InChI=1S/C18H14N6O2/c1-11-20-16(23-22-11)12-5-4-6-13(9-12)21-17(25)14-10-19-15-7-2-3-8-24(15)18(14)26/h2-10H,1H3,(H,21,25)(H,20,22,23). The van der Waals surface area contributed by atoms with Crippen LogP contribution in [-0.4, -0.2) is 30.5 Å². The predicted octanol–water partition coefficient (Wildman–Crippen LogP) is 2.04. The molecule has 8 heteroatoms.